The van der Waals surface area contributed by atoms with E-state index in [0.717, 1.165) is 19.1 Å². The van der Waals surface area contributed by atoms with E-state index in [1.165, 1.54) is 18.3 Å². The van der Waals surface area contributed by atoms with Crippen molar-refractivity contribution in [2.45, 2.75) is 24.7 Å². The first kappa shape index (κ1) is 20.9. The number of sulfone groups is 1. The Hall–Kier alpha value is -2.79. The maximum Gasteiger partial charge on any atom is 0.273 e. The highest BCUT2D eigenvalue weighted by atomic mass is 35.5. The maximum atomic E-state index is 12.3. The smallest absolute Gasteiger partial charge is 0.273 e. The average molecular weight is 439 g/mol. The number of hydrogen-bond acceptors (Lipinski definition) is 8. The third-order valence-corrected chi connectivity index (χ3v) is 5.33. The number of rotatable bonds is 7. The molecule has 2 heterocycles. The van der Waals surface area contributed by atoms with Gasteiger partial charge in [-0.05, 0) is 25.8 Å². The van der Waals surface area contributed by atoms with E-state index in [2.05, 4.69) is 31.1 Å². The minimum absolute atomic E-state index is 0.0325. The molecule has 154 valence electrons. The third-order valence-electron chi connectivity index (χ3n) is 4.02. The number of pyridine rings is 1. The number of carbonyl (C=O) groups is 2. The van der Waals surface area contributed by atoms with E-state index in [-0.39, 0.29) is 44.8 Å². The lowest BCUT2D eigenvalue weighted by Gasteiger charge is -2.14. The molecule has 0 unspecified atom stereocenters. The second-order valence-corrected chi connectivity index (χ2v) is 8.93. The number of carbonyl (C=O) groups excluding carboxylic acids is 2. The topological polar surface area (TPSA) is 143 Å². The second-order valence-electron chi connectivity index (χ2n) is 6.51. The van der Waals surface area contributed by atoms with Crippen molar-refractivity contribution in [3.05, 3.63) is 29.0 Å². The zero-order valence-electron chi connectivity index (χ0n) is 15.7. The second kappa shape index (κ2) is 8.29. The van der Waals surface area contributed by atoms with Gasteiger partial charge in [0.15, 0.2) is 21.3 Å². The van der Waals surface area contributed by atoms with Gasteiger partial charge in [-0.2, -0.15) is 0 Å². The molecule has 1 aliphatic carbocycles. The normalized spacial score (nSPS) is 13.6. The first-order valence-corrected chi connectivity index (χ1v) is 11.1. The minimum atomic E-state index is -3.67. The van der Waals surface area contributed by atoms with Crippen LogP contribution in [-0.4, -0.2) is 48.2 Å². The van der Waals surface area contributed by atoms with Gasteiger partial charge in [-0.3, -0.25) is 9.59 Å². The van der Waals surface area contributed by atoms with E-state index in [0.29, 0.717) is 6.54 Å². The van der Waals surface area contributed by atoms with Gasteiger partial charge >= 0.3 is 0 Å². The minimum Gasteiger partial charge on any atom is -0.351 e. The first-order chi connectivity index (χ1) is 13.7. The molecular weight excluding hydrogens is 420 g/mol. The highest BCUT2D eigenvalue weighted by Gasteiger charge is 2.30. The van der Waals surface area contributed by atoms with Crippen molar-refractivity contribution in [1.82, 2.24) is 20.5 Å². The fourth-order valence-corrected chi connectivity index (χ4v) is 3.48. The van der Waals surface area contributed by atoms with Crippen molar-refractivity contribution in [2.24, 2.45) is 5.92 Å². The van der Waals surface area contributed by atoms with Gasteiger partial charge in [-0.25, -0.2) is 13.4 Å². The molecule has 1 fully saturated rings. The van der Waals surface area contributed by atoms with Crippen LogP contribution in [0.25, 0.3) is 0 Å². The van der Waals surface area contributed by atoms with E-state index in [1.807, 2.05) is 0 Å². The Balaban J connectivity index is 2.01. The quantitative estimate of drug-likeness (QED) is 0.593. The van der Waals surface area contributed by atoms with Crippen LogP contribution in [0.2, 0.25) is 5.02 Å². The molecule has 1 aliphatic rings. The molecule has 0 aliphatic heterocycles. The molecule has 0 radical (unpaired) electrons. The predicted molar refractivity (Wildman–Crippen MR) is 107 cm³/mol. The molecule has 0 aromatic carbocycles. The molecule has 10 nitrogen and oxygen atoms in total. The van der Waals surface area contributed by atoms with Crippen LogP contribution in [0.4, 0.5) is 17.3 Å². The number of hydrogen-bond donors (Lipinski definition) is 3. The summed E-state index contributed by atoms with van der Waals surface area (Å²) in [6, 6.07) is 2.66. The van der Waals surface area contributed by atoms with E-state index in [4.69, 9.17) is 11.6 Å². The van der Waals surface area contributed by atoms with Crippen LogP contribution in [0.1, 0.15) is 30.3 Å². The number of anilines is 3. The Labute approximate surface area is 172 Å². The van der Waals surface area contributed by atoms with Gasteiger partial charge in [-0.1, -0.05) is 11.6 Å². The first-order valence-electron chi connectivity index (χ1n) is 8.78. The highest BCUT2D eigenvalue weighted by molar-refractivity contribution is 7.90. The van der Waals surface area contributed by atoms with Gasteiger partial charge in [0.1, 0.15) is 10.7 Å². The molecule has 0 bridgehead atoms. The van der Waals surface area contributed by atoms with Crippen LogP contribution >= 0.6 is 11.6 Å². The van der Waals surface area contributed by atoms with Crippen LogP contribution in [0, 0.1) is 5.92 Å². The summed E-state index contributed by atoms with van der Waals surface area (Å²) in [5, 5.41) is 16.0. The summed E-state index contributed by atoms with van der Waals surface area (Å²) in [7, 11) is -3.67. The Morgan fingerprint density at radius 3 is 2.59 bits per heavy atom. The predicted octanol–water partition coefficient (Wildman–Crippen LogP) is 1.77. The molecule has 3 N–H and O–H groups in total. The summed E-state index contributed by atoms with van der Waals surface area (Å²) >= 11 is 5.88. The van der Waals surface area contributed by atoms with Gasteiger partial charge in [0, 0.05) is 31.0 Å². The summed E-state index contributed by atoms with van der Waals surface area (Å²) in [6.07, 6.45) is 3.92. The van der Waals surface area contributed by atoms with Crippen molar-refractivity contribution < 1.29 is 18.0 Å². The van der Waals surface area contributed by atoms with Crippen LogP contribution in [0.3, 0.4) is 0 Å². The monoisotopic (exact) mass is 438 g/mol. The zero-order valence-corrected chi connectivity index (χ0v) is 17.3. The average Bonchev–Trinajstić information content (AvgIpc) is 3.48. The Kier molecular flexibility index (Phi) is 5.99. The fraction of sp³-hybridized carbons (Fsp3) is 0.353. The van der Waals surface area contributed by atoms with Crippen LogP contribution in [0.5, 0.6) is 0 Å². The van der Waals surface area contributed by atoms with Crippen LogP contribution < -0.4 is 16.0 Å². The van der Waals surface area contributed by atoms with Gasteiger partial charge in [0.05, 0.1) is 10.7 Å². The third kappa shape index (κ3) is 5.18. The molecule has 3 rings (SSSR count). The molecule has 0 saturated heterocycles. The number of amides is 2. The molecular formula is C17H19ClN6O4S. The zero-order chi connectivity index (χ0) is 21.2. The van der Waals surface area contributed by atoms with E-state index in [1.54, 1.807) is 6.92 Å². The van der Waals surface area contributed by atoms with Crippen LogP contribution in [-0.2, 0) is 14.6 Å². The summed E-state index contributed by atoms with van der Waals surface area (Å²) in [4.78, 5) is 28.2. The Morgan fingerprint density at radius 2 is 1.97 bits per heavy atom. The van der Waals surface area contributed by atoms with Gasteiger partial charge in [-0.15, -0.1) is 10.2 Å². The SMILES string of the molecule is CCNC(=O)c1nnc(NC(=O)C2CC2)cc1Nc1ncc(Cl)cc1S(C)(=O)=O. The van der Waals surface area contributed by atoms with Gasteiger partial charge < -0.3 is 16.0 Å². The Bertz CT molecular complexity index is 1070. The van der Waals surface area contributed by atoms with Crippen molar-refractivity contribution in [3.63, 3.8) is 0 Å². The summed E-state index contributed by atoms with van der Waals surface area (Å²) in [5.74, 6) is -0.650. The highest BCUT2D eigenvalue weighted by Crippen LogP contribution is 2.31. The van der Waals surface area contributed by atoms with E-state index >= 15 is 0 Å². The van der Waals surface area contributed by atoms with Crippen molar-refractivity contribution >= 4 is 50.6 Å². The largest absolute Gasteiger partial charge is 0.351 e. The summed E-state index contributed by atoms with van der Waals surface area (Å²) in [5.41, 5.74) is 0.0595. The lowest BCUT2D eigenvalue weighted by atomic mass is 10.2. The molecule has 2 aromatic heterocycles. The standard InChI is InChI=1S/C17H19ClN6O4S/c1-3-19-17(26)14-11(7-13(23-24-14)22-16(25)9-4-5-9)21-15-12(29(2,27)28)6-10(18)8-20-15/h6-9H,3-5H2,1-2H3,(H,19,26)(H2,20,21,22,23,25). The molecule has 29 heavy (non-hydrogen) atoms. The maximum absolute atomic E-state index is 12.3. The Morgan fingerprint density at radius 1 is 1.24 bits per heavy atom. The molecule has 0 atom stereocenters. The van der Waals surface area contributed by atoms with E-state index < -0.39 is 15.7 Å². The van der Waals surface area contributed by atoms with Crippen LogP contribution in [0.15, 0.2) is 23.2 Å². The number of nitrogens with one attached hydrogen (secondary N) is 3. The number of aromatic nitrogens is 3. The number of nitrogens with zero attached hydrogens (tertiary/aromatic N) is 3. The lowest BCUT2D eigenvalue weighted by molar-refractivity contribution is -0.117. The van der Waals surface area contributed by atoms with Crippen molar-refractivity contribution in [3.8, 4) is 0 Å². The summed E-state index contributed by atoms with van der Waals surface area (Å²) < 4.78 is 24.2. The molecule has 2 aromatic rings. The fourth-order valence-electron chi connectivity index (χ4n) is 2.46. The van der Waals surface area contributed by atoms with E-state index in [9.17, 15) is 18.0 Å². The van der Waals surface area contributed by atoms with Crippen molar-refractivity contribution in [2.75, 3.05) is 23.4 Å². The van der Waals surface area contributed by atoms with Gasteiger partial charge in [0.2, 0.25) is 5.91 Å². The van der Waals surface area contributed by atoms with Crippen molar-refractivity contribution in [1.29, 1.82) is 0 Å². The lowest BCUT2D eigenvalue weighted by Crippen LogP contribution is -2.26. The van der Waals surface area contributed by atoms with Gasteiger partial charge in [0.25, 0.3) is 5.91 Å². The molecule has 12 heteroatoms. The molecule has 0 spiro atoms. The molecule has 2 amide bonds. The number of halogens is 1. The molecule has 1 saturated carbocycles. The summed E-state index contributed by atoms with van der Waals surface area (Å²) in [6.45, 7) is 2.10.